The van der Waals surface area contributed by atoms with Gasteiger partial charge in [0.15, 0.2) is 0 Å². The van der Waals surface area contributed by atoms with Crippen molar-refractivity contribution in [3.63, 3.8) is 0 Å². The van der Waals surface area contributed by atoms with Crippen molar-refractivity contribution in [2.75, 3.05) is 17.2 Å². The zero-order valence-corrected chi connectivity index (χ0v) is 11.7. The van der Waals surface area contributed by atoms with Gasteiger partial charge in [-0.3, -0.25) is 0 Å². The van der Waals surface area contributed by atoms with Crippen molar-refractivity contribution in [1.82, 2.24) is 0 Å². The highest BCUT2D eigenvalue weighted by Crippen LogP contribution is 2.22. The highest BCUT2D eigenvalue weighted by atomic mass is 35.5. The molecule has 0 aliphatic heterocycles. The van der Waals surface area contributed by atoms with Crippen molar-refractivity contribution in [1.29, 1.82) is 0 Å². The molecule has 0 heterocycles. The van der Waals surface area contributed by atoms with Crippen LogP contribution in [0.4, 0.5) is 10.5 Å². The second-order valence-electron chi connectivity index (χ2n) is 3.62. The third-order valence-electron chi connectivity index (χ3n) is 1.97. The van der Waals surface area contributed by atoms with Crippen LogP contribution in [-0.4, -0.2) is 27.4 Å². The first-order valence-electron chi connectivity index (χ1n) is 5.29. The average Bonchev–Trinajstić information content (AvgIpc) is 2.24. The number of hydrogen-bond donors (Lipinski definition) is 0. The van der Waals surface area contributed by atoms with Crippen molar-refractivity contribution in [2.45, 2.75) is 13.3 Å². The summed E-state index contributed by atoms with van der Waals surface area (Å²) in [5.41, 5.74) is 0.158. The van der Waals surface area contributed by atoms with E-state index in [4.69, 9.17) is 16.3 Å². The van der Waals surface area contributed by atoms with Gasteiger partial charge in [0.25, 0.3) is 0 Å². The molecule has 0 aromatic heterocycles. The Kier molecular flexibility index (Phi) is 4.98. The van der Waals surface area contributed by atoms with Gasteiger partial charge in [0, 0.05) is 5.02 Å². The highest BCUT2D eigenvalue weighted by Gasteiger charge is 2.26. The Morgan fingerprint density at radius 2 is 2.11 bits per heavy atom. The van der Waals surface area contributed by atoms with Crippen LogP contribution in [0.25, 0.3) is 0 Å². The summed E-state index contributed by atoms with van der Waals surface area (Å²) >= 11 is 5.77. The quantitative estimate of drug-likeness (QED) is 0.855. The molecule has 0 fully saturated rings. The lowest BCUT2D eigenvalue weighted by Crippen LogP contribution is -2.36. The average molecular weight is 292 g/mol. The van der Waals surface area contributed by atoms with Crippen LogP contribution in [0.15, 0.2) is 24.3 Å². The molecule has 0 N–H and O–H groups in total. The molecular weight excluding hydrogens is 278 g/mol. The lowest BCUT2D eigenvalue weighted by Gasteiger charge is -2.19. The standard InChI is InChI=1S/C11H14ClNO4S/c1-3-7-17-11(14)13(18(2,15)16)10-6-4-5-9(12)8-10/h4-6,8H,3,7H2,1-2H3. The summed E-state index contributed by atoms with van der Waals surface area (Å²) in [4.78, 5) is 11.7. The third-order valence-corrected chi connectivity index (χ3v) is 3.23. The van der Waals surface area contributed by atoms with Crippen LogP contribution in [0.5, 0.6) is 0 Å². The number of hydrogen-bond acceptors (Lipinski definition) is 4. The Bertz CT molecular complexity index is 530. The Balaban J connectivity index is 3.11. The molecular formula is C11H14ClNO4S. The van der Waals surface area contributed by atoms with Gasteiger partial charge in [0.2, 0.25) is 10.0 Å². The van der Waals surface area contributed by atoms with Gasteiger partial charge >= 0.3 is 6.09 Å². The number of sulfonamides is 1. The molecule has 1 aromatic carbocycles. The Morgan fingerprint density at radius 3 is 2.61 bits per heavy atom. The van der Waals surface area contributed by atoms with Crippen LogP contribution < -0.4 is 4.31 Å². The minimum absolute atomic E-state index is 0.158. The summed E-state index contributed by atoms with van der Waals surface area (Å²) in [6.07, 6.45) is 0.613. The second kappa shape index (κ2) is 6.06. The smallest absolute Gasteiger partial charge is 0.428 e. The van der Waals surface area contributed by atoms with Crippen LogP contribution in [-0.2, 0) is 14.8 Å². The minimum atomic E-state index is -3.76. The number of anilines is 1. The predicted molar refractivity (Wildman–Crippen MR) is 70.4 cm³/mol. The van der Waals surface area contributed by atoms with E-state index < -0.39 is 16.1 Å². The molecule has 7 heteroatoms. The number of benzene rings is 1. The normalized spacial score (nSPS) is 11.1. The van der Waals surface area contributed by atoms with E-state index in [2.05, 4.69) is 0 Å². The fraction of sp³-hybridized carbons (Fsp3) is 0.364. The van der Waals surface area contributed by atoms with Crippen LogP contribution >= 0.6 is 11.6 Å². The van der Waals surface area contributed by atoms with Gasteiger partial charge in [-0.15, -0.1) is 0 Å². The molecule has 0 aliphatic carbocycles. The van der Waals surface area contributed by atoms with E-state index >= 15 is 0 Å². The van der Waals surface area contributed by atoms with Gasteiger partial charge in [0.1, 0.15) is 0 Å². The largest absolute Gasteiger partial charge is 0.448 e. The van der Waals surface area contributed by atoms with Gasteiger partial charge in [-0.05, 0) is 24.6 Å². The van der Waals surface area contributed by atoms with Gasteiger partial charge in [-0.25, -0.2) is 13.2 Å². The molecule has 1 rings (SSSR count). The SMILES string of the molecule is CCCOC(=O)N(c1cccc(Cl)c1)S(C)(=O)=O. The molecule has 0 radical (unpaired) electrons. The maximum atomic E-state index is 11.7. The lowest BCUT2D eigenvalue weighted by atomic mass is 10.3. The van der Waals surface area contributed by atoms with Crippen molar-refractivity contribution in [3.05, 3.63) is 29.3 Å². The third kappa shape index (κ3) is 3.89. The Morgan fingerprint density at radius 1 is 1.44 bits per heavy atom. The number of halogens is 1. The molecule has 0 bridgehead atoms. The molecule has 0 aliphatic rings. The summed E-state index contributed by atoms with van der Waals surface area (Å²) < 4.78 is 28.7. The molecule has 0 spiro atoms. The van der Waals surface area contributed by atoms with Gasteiger partial charge in [0.05, 0.1) is 18.6 Å². The lowest BCUT2D eigenvalue weighted by molar-refractivity contribution is 0.158. The molecule has 0 saturated heterocycles. The monoisotopic (exact) mass is 291 g/mol. The maximum absolute atomic E-state index is 11.7. The first-order chi connectivity index (χ1) is 8.36. The topological polar surface area (TPSA) is 63.7 Å². The van der Waals surface area contributed by atoms with E-state index in [0.29, 0.717) is 15.7 Å². The van der Waals surface area contributed by atoms with Crippen LogP contribution in [0, 0.1) is 0 Å². The van der Waals surface area contributed by atoms with Gasteiger partial charge < -0.3 is 4.74 Å². The molecule has 0 unspecified atom stereocenters. The van der Waals surface area contributed by atoms with E-state index in [1.54, 1.807) is 12.1 Å². The van der Waals surface area contributed by atoms with Crippen molar-refractivity contribution in [3.8, 4) is 0 Å². The number of ether oxygens (including phenoxy) is 1. The zero-order valence-electron chi connectivity index (χ0n) is 10.1. The summed E-state index contributed by atoms with van der Waals surface area (Å²) in [5.74, 6) is 0. The van der Waals surface area contributed by atoms with Crippen LogP contribution in [0.1, 0.15) is 13.3 Å². The molecule has 100 valence electrons. The molecule has 0 atom stereocenters. The number of carbonyl (C=O) groups excluding carboxylic acids is 1. The number of amides is 1. The van der Waals surface area contributed by atoms with E-state index in [1.165, 1.54) is 12.1 Å². The van der Waals surface area contributed by atoms with E-state index in [-0.39, 0.29) is 12.3 Å². The molecule has 1 aromatic rings. The molecule has 5 nitrogen and oxygen atoms in total. The van der Waals surface area contributed by atoms with Crippen molar-refractivity contribution < 1.29 is 17.9 Å². The van der Waals surface area contributed by atoms with Crippen molar-refractivity contribution in [2.24, 2.45) is 0 Å². The number of nitrogens with zero attached hydrogens (tertiary/aromatic N) is 1. The fourth-order valence-corrected chi connectivity index (χ4v) is 2.29. The first kappa shape index (κ1) is 14.8. The van der Waals surface area contributed by atoms with Crippen LogP contribution in [0.2, 0.25) is 5.02 Å². The van der Waals surface area contributed by atoms with E-state index in [0.717, 1.165) is 6.26 Å². The maximum Gasteiger partial charge on any atom is 0.428 e. The zero-order chi connectivity index (χ0) is 13.8. The summed E-state index contributed by atoms with van der Waals surface area (Å²) in [5, 5.41) is 0.337. The van der Waals surface area contributed by atoms with Crippen molar-refractivity contribution >= 4 is 33.4 Å². The van der Waals surface area contributed by atoms with E-state index in [1.807, 2.05) is 6.92 Å². The van der Waals surface area contributed by atoms with Gasteiger partial charge in [-0.2, -0.15) is 4.31 Å². The minimum Gasteiger partial charge on any atom is -0.448 e. The predicted octanol–water partition coefficient (Wildman–Crippen LogP) is 2.65. The summed E-state index contributed by atoms with van der Waals surface area (Å²) in [6.45, 7) is 1.98. The van der Waals surface area contributed by atoms with Crippen LogP contribution in [0.3, 0.4) is 0 Å². The molecule has 1 amide bonds. The van der Waals surface area contributed by atoms with Gasteiger partial charge in [-0.1, -0.05) is 24.6 Å². The first-order valence-corrected chi connectivity index (χ1v) is 7.51. The Labute approximate surface area is 111 Å². The van der Waals surface area contributed by atoms with E-state index in [9.17, 15) is 13.2 Å². The summed E-state index contributed by atoms with van der Waals surface area (Å²) in [7, 11) is -3.76. The highest BCUT2D eigenvalue weighted by molar-refractivity contribution is 7.92. The number of carbonyl (C=O) groups is 1. The Hall–Kier alpha value is -1.27. The molecule has 18 heavy (non-hydrogen) atoms. The second-order valence-corrected chi connectivity index (χ2v) is 5.89. The fourth-order valence-electron chi connectivity index (χ4n) is 1.28. The molecule has 0 saturated carbocycles. The number of rotatable bonds is 4. The summed E-state index contributed by atoms with van der Waals surface area (Å²) in [6, 6.07) is 6.00.